The van der Waals surface area contributed by atoms with E-state index in [2.05, 4.69) is 22.4 Å². The van der Waals surface area contributed by atoms with E-state index in [-0.39, 0.29) is 0 Å². The van der Waals surface area contributed by atoms with E-state index in [1.807, 2.05) is 0 Å². The van der Waals surface area contributed by atoms with Gasteiger partial charge in [-0.05, 0) is 24.4 Å². The van der Waals surface area contributed by atoms with E-state index in [0.29, 0.717) is 22.3 Å². The average Bonchev–Trinajstić information content (AvgIpc) is 2.68. The Labute approximate surface area is 110 Å². The predicted octanol–water partition coefficient (Wildman–Crippen LogP) is 2.19. The molecule has 2 rings (SSSR count). The Morgan fingerprint density at radius 2 is 2.17 bits per heavy atom. The highest BCUT2D eigenvalue weighted by Gasteiger charge is 2.17. The summed E-state index contributed by atoms with van der Waals surface area (Å²) in [6.07, 6.45) is 2.53. The highest BCUT2D eigenvalue weighted by atomic mass is 32.2. The Bertz CT molecular complexity index is 756. The van der Waals surface area contributed by atoms with Crippen molar-refractivity contribution in [3.05, 3.63) is 24.4 Å². The number of thiocarbonyl (C=S) groups is 1. The van der Waals surface area contributed by atoms with Crippen molar-refractivity contribution >= 4 is 44.0 Å². The van der Waals surface area contributed by atoms with Crippen LogP contribution in [-0.4, -0.2) is 30.9 Å². The van der Waals surface area contributed by atoms with Gasteiger partial charge in [-0.1, -0.05) is 6.07 Å². The van der Waals surface area contributed by atoms with Gasteiger partial charge in [-0.25, -0.2) is 12.4 Å². The molecule has 94 valence electrons. The lowest BCUT2D eigenvalue weighted by molar-refractivity contribution is 0.420. The molecule has 0 aliphatic heterocycles. The molecule has 1 aromatic heterocycles. The van der Waals surface area contributed by atoms with Crippen molar-refractivity contribution in [1.29, 1.82) is 0 Å². The normalized spacial score (nSPS) is 11.2. The molecule has 0 amide bonds. The van der Waals surface area contributed by atoms with Crippen molar-refractivity contribution in [3.8, 4) is 5.75 Å². The third kappa shape index (κ3) is 2.03. The molecule has 5 nitrogen and oxygen atoms in total. The smallest absolute Gasteiger partial charge is 0.236 e. The molecule has 0 fully saturated rings. The zero-order valence-corrected chi connectivity index (χ0v) is 11.4. The summed E-state index contributed by atoms with van der Waals surface area (Å²) < 4.78 is 29.8. The maximum Gasteiger partial charge on any atom is 0.236 e. The van der Waals surface area contributed by atoms with Crippen molar-refractivity contribution in [1.82, 2.24) is 3.97 Å². The summed E-state index contributed by atoms with van der Waals surface area (Å²) in [7, 11) is -1.90. The Balaban J connectivity index is 2.98. The first kappa shape index (κ1) is 12.8. The molecule has 0 aliphatic rings. The molecule has 0 atom stereocenters. The molecular weight excluding hydrogens is 272 g/mol. The van der Waals surface area contributed by atoms with Crippen molar-refractivity contribution < 1.29 is 13.2 Å². The number of nitrogens with zero attached hydrogens (tertiary/aromatic N) is 2. The summed E-state index contributed by atoms with van der Waals surface area (Å²) in [5.74, 6) is 0.541. The Morgan fingerprint density at radius 3 is 2.72 bits per heavy atom. The van der Waals surface area contributed by atoms with Gasteiger partial charge in [-0.15, -0.1) is 0 Å². The molecule has 2 aromatic rings. The second-order valence-corrected chi connectivity index (χ2v) is 5.67. The number of benzene rings is 1. The second-order valence-electron chi connectivity index (χ2n) is 3.63. The second kappa shape index (κ2) is 4.53. The molecule has 7 heteroatoms. The van der Waals surface area contributed by atoms with Crippen LogP contribution >= 0.6 is 12.2 Å². The Morgan fingerprint density at radius 1 is 1.44 bits per heavy atom. The zero-order chi connectivity index (χ0) is 13.3. The summed E-state index contributed by atoms with van der Waals surface area (Å²) in [5.41, 5.74) is 0.920. The Hall–Kier alpha value is -1.69. The van der Waals surface area contributed by atoms with Crippen LogP contribution in [0.4, 0.5) is 5.69 Å². The lowest BCUT2D eigenvalue weighted by atomic mass is 10.2. The number of hydrogen-bond donors (Lipinski definition) is 0. The van der Waals surface area contributed by atoms with Gasteiger partial charge in [-0.2, -0.15) is 4.99 Å². The van der Waals surface area contributed by atoms with Crippen molar-refractivity contribution in [3.63, 3.8) is 0 Å². The molecule has 0 N–H and O–H groups in total. The van der Waals surface area contributed by atoms with Crippen molar-refractivity contribution in [2.24, 2.45) is 4.99 Å². The van der Waals surface area contributed by atoms with Crippen LogP contribution in [0.1, 0.15) is 0 Å². The summed E-state index contributed by atoms with van der Waals surface area (Å²) in [5, 5.41) is 2.84. The van der Waals surface area contributed by atoms with Crippen LogP contribution in [0, 0.1) is 0 Å². The summed E-state index contributed by atoms with van der Waals surface area (Å²) in [6.45, 7) is 0. The lowest BCUT2D eigenvalue weighted by Crippen LogP contribution is -2.07. The number of aliphatic imine (C=N–C) groups is 1. The molecule has 0 radical (unpaired) electrons. The molecule has 0 saturated carbocycles. The number of fused-ring (bicyclic) bond motifs is 1. The van der Waals surface area contributed by atoms with E-state index in [4.69, 9.17) is 4.74 Å². The van der Waals surface area contributed by atoms with E-state index in [9.17, 15) is 8.42 Å². The lowest BCUT2D eigenvalue weighted by Gasteiger charge is -2.04. The largest absolute Gasteiger partial charge is 0.496 e. The van der Waals surface area contributed by atoms with Crippen LogP contribution in [0.3, 0.4) is 0 Å². The molecule has 1 aromatic carbocycles. The predicted molar refractivity (Wildman–Crippen MR) is 73.4 cm³/mol. The quantitative estimate of drug-likeness (QED) is 0.639. The first-order valence-electron chi connectivity index (χ1n) is 4.95. The topological polar surface area (TPSA) is 60.7 Å². The zero-order valence-electron chi connectivity index (χ0n) is 9.75. The number of ether oxygens (including phenoxy) is 1. The Kier molecular flexibility index (Phi) is 3.21. The third-order valence-corrected chi connectivity index (χ3v) is 3.59. The fourth-order valence-corrected chi connectivity index (χ4v) is 2.68. The van der Waals surface area contributed by atoms with Gasteiger partial charge in [0.05, 0.1) is 29.4 Å². The van der Waals surface area contributed by atoms with E-state index >= 15 is 0 Å². The van der Waals surface area contributed by atoms with E-state index in [1.165, 1.54) is 13.3 Å². The van der Waals surface area contributed by atoms with Crippen LogP contribution < -0.4 is 4.74 Å². The van der Waals surface area contributed by atoms with Gasteiger partial charge in [-0.3, -0.25) is 0 Å². The molecule has 0 saturated heterocycles. The number of methoxy groups -OCH3 is 1. The SMILES string of the molecule is COc1cccc2c1c(N=C=S)cn2S(C)(=O)=O. The monoisotopic (exact) mass is 282 g/mol. The molecule has 0 aliphatic carbocycles. The minimum atomic E-state index is -3.41. The number of hydrogen-bond acceptors (Lipinski definition) is 5. The van der Waals surface area contributed by atoms with Crippen LogP contribution in [0.2, 0.25) is 0 Å². The van der Waals surface area contributed by atoms with E-state index in [1.54, 1.807) is 18.2 Å². The molecule has 0 spiro atoms. The molecule has 18 heavy (non-hydrogen) atoms. The molecule has 0 unspecified atom stereocenters. The molecule has 1 heterocycles. The van der Waals surface area contributed by atoms with Crippen LogP contribution in [-0.2, 0) is 10.0 Å². The minimum absolute atomic E-state index is 0.419. The van der Waals surface area contributed by atoms with Crippen LogP contribution in [0.15, 0.2) is 29.4 Å². The van der Waals surface area contributed by atoms with Gasteiger partial charge in [0.25, 0.3) is 0 Å². The van der Waals surface area contributed by atoms with Gasteiger partial charge in [0.15, 0.2) is 0 Å². The first-order chi connectivity index (χ1) is 8.49. The van der Waals surface area contributed by atoms with Crippen LogP contribution in [0.5, 0.6) is 5.75 Å². The van der Waals surface area contributed by atoms with Crippen LogP contribution in [0.25, 0.3) is 10.9 Å². The summed E-state index contributed by atoms with van der Waals surface area (Å²) in [6, 6.07) is 5.13. The number of aromatic nitrogens is 1. The standard InChI is InChI=1S/C11H10N2O3S2/c1-16-10-5-3-4-9-11(10)8(12-7-17)6-13(9)18(2,14)15/h3-6H,1-2H3. The van der Waals surface area contributed by atoms with Gasteiger partial charge in [0.2, 0.25) is 10.0 Å². The fourth-order valence-electron chi connectivity index (χ4n) is 1.78. The number of isothiocyanates is 1. The summed E-state index contributed by atoms with van der Waals surface area (Å²) in [4.78, 5) is 3.88. The van der Waals surface area contributed by atoms with Gasteiger partial charge < -0.3 is 4.74 Å². The summed E-state index contributed by atoms with van der Waals surface area (Å²) >= 11 is 4.56. The maximum absolute atomic E-state index is 11.7. The van der Waals surface area contributed by atoms with Crippen molar-refractivity contribution in [2.45, 2.75) is 0 Å². The van der Waals surface area contributed by atoms with Gasteiger partial charge in [0.1, 0.15) is 11.4 Å². The minimum Gasteiger partial charge on any atom is -0.496 e. The first-order valence-corrected chi connectivity index (χ1v) is 7.21. The highest BCUT2D eigenvalue weighted by Crippen LogP contribution is 2.36. The van der Waals surface area contributed by atoms with E-state index in [0.717, 1.165) is 10.2 Å². The maximum atomic E-state index is 11.7. The third-order valence-electron chi connectivity index (χ3n) is 2.48. The fraction of sp³-hybridized carbons (Fsp3) is 0.182. The average molecular weight is 282 g/mol. The van der Waals surface area contributed by atoms with Crippen molar-refractivity contribution in [2.75, 3.05) is 13.4 Å². The van der Waals surface area contributed by atoms with Gasteiger partial charge >= 0.3 is 0 Å². The highest BCUT2D eigenvalue weighted by molar-refractivity contribution is 7.89. The molecular formula is C11H10N2O3S2. The molecule has 0 bridgehead atoms. The van der Waals surface area contributed by atoms with Gasteiger partial charge in [0, 0.05) is 6.20 Å². The van der Waals surface area contributed by atoms with E-state index < -0.39 is 10.0 Å². The number of rotatable bonds is 3.